The lowest BCUT2D eigenvalue weighted by Gasteiger charge is -2.15. The Morgan fingerprint density at radius 1 is 1.15 bits per heavy atom. The van der Waals surface area contributed by atoms with E-state index in [1.54, 1.807) is 0 Å². The van der Waals surface area contributed by atoms with E-state index in [0.717, 1.165) is 19.3 Å². The standard InChI is InChI=1S/C16H13BrClFO/c17-13-8-15(19)12(7-14(13)18)16(20)11-5-4-9-2-1-3-10(9)6-11/h4-8,16,20H,1-3H2. The summed E-state index contributed by atoms with van der Waals surface area (Å²) >= 11 is 9.16. The molecule has 1 N–H and O–H groups in total. The molecule has 1 aliphatic rings. The molecule has 0 heterocycles. The number of hydrogen-bond acceptors (Lipinski definition) is 1. The fourth-order valence-corrected chi connectivity index (χ4v) is 3.18. The average molecular weight is 356 g/mol. The zero-order chi connectivity index (χ0) is 14.3. The van der Waals surface area contributed by atoms with Crippen molar-refractivity contribution in [2.45, 2.75) is 25.4 Å². The fraction of sp³-hybridized carbons (Fsp3) is 0.250. The SMILES string of the molecule is OC(c1ccc2c(c1)CCC2)c1cc(Cl)c(Br)cc1F. The van der Waals surface area contributed by atoms with Crippen molar-refractivity contribution in [2.75, 3.05) is 0 Å². The summed E-state index contributed by atoms with van der Waals surface area (Å²) in [5.41, 5.74) is 3.50. The molecule has 1 atom stereocenters. The van der Waals surface area contributed by atoms with E-state index in [1.807, 2.05) is 18.2 Å². The Balaban J connectivity index is 2.00. The Kier molecular flexibility index (Phi) is 3.85. The van der Waals surface area contributed by atoms with Crippen LogP contribution < -0.4 is 0 Å². The molecule has 3 rings (SSSR count). The molecule has 20 heavy (non-hydrogen) atoms. The zero-order valence-electron chi connectivity index (χ0n) is 10.7. The monoisotopic (exact) mass is 354 g/mol. The van der Waals surface area contributed by atoms with E-state index in [2.05, 4.69) is 15.9 Å². The molecule has 0 amide bonds. The topological polar surface area (TPSA) is 20.2 Å². The number of benzene rings is 2. The smallest absolute Gasteiger partial charge is 0.130 e. The van der Waals surface area contributed by atoms with Crippen LogP contribution in [0.1, 0.15) is 34.8 Å². The highest BCUT2D eigenvalue weighted by atomic mass is 79.9. The number of aliphatic hydroxyl groups excluding tert-OH is 1. The maximum Gasteiger partial charge on any atom is 0.130 e. The summed E-state index contributed by atoms with van der Waals surface area (Å²) in [6.45, 7) is 0. The van der Waals surface area contributed by atoms with E-state index in [4.69, 9.17) is 11.6 Å². The van der Waals surface area contributed by atoms with Crippen molar-refractivity contribution in [1.82, 2.24) is 0 Å². The van der Waals surface area contributed by atoms with E-state index >= 15 is 0 Å². The van der Waals surface area contributed by atoms with E-state index < -0.39 is 11.9 Å². The van der Waals surface area contributed by atoms with Crippen molar-refractivity contribution in [2.24, 2.45) is 0 Å². The largest absolute Gasteiger partial charge is 0.384 e. The van der Waals surface area contributed by atoms with Gasteiger partial charge in [-0.15, -0.1) is 0 Å². The molecule has 1 unspecified atom stereocenters. The van der Waals surface area contributed by atoms with Crippen LogP contribution in [0.25, 0.3) is 0 Å². The van der Waals surface area contributed by atoms with Crippen molar-refractivity contribution in [3.8, 4) is 0 Å². The first-order chi connectivity index (χ1) is 9.56. The predicted octanol–water partition coefficient (Wildman–Crippen LogP) is 4.81. The van der Waals surface area contributed by atoms with Crippen LogP contribution in [-0.4, -0.2) is 5.11 Å². The van der Waals surface area contributed by atoms with Gasteiger partial charge >= 0.3 is 0 Å². The molecule has 4 heteroatoms. The normalized spacial score (nSPS) is 15.2. The lowest BCUT2D eigenvalue weighted by Crippen LogP contribution is -2.04. The summed E-state index contributed by atoms with van der Waals surface area (Å²) in [5.74, 6) is -0.464. The molecule has 0 spiro atoms. The molecule has 104 valence electrons. The van der Waals surface area contributed by atoms with E-state index in [0.29, 0.717) is 15.1 Å². The van der Waals surface area contributed by atoms with Crippen molar-refractivity contribution >= 4 is 27.5 Å². The highest BCUT2D eigenvalue weighted by Crippen LogP contribution is 2.33. The minimum atomic E-state index is -0.994. The quantitative estimate of drug-likeness (QED) is 0.766. The summed E-state index contributed by atoms with van der Waals surface area (Å²) in [7, 11) is 0. The van der Waals surface area contributed by atoms with E-state index in [9.17, 15) is 9.50 Å². The van der Waals surface area contributed by atoms with Gasteiger partial charge in [0, 0.05) is 10.0 Å². The van der Waals surface area contributed by atoms with Crippen molar-refractivity contribution < 1.29 is 9.50 Å². The lowest BCUT2D eigenvalue weighted by molar-refractivity contribution is 0.215. The average Bonchev–Trinajstić information content (AvgIpc) is 2.89. The van der Waals surface area contributed by atoms with Gasteiger partial charge in [-0.2, -0.15) is 0 Å². The van der Waals surface area contributed by atoms with Gasteiger partial charge in [-0.25, -0.2) is 4.39 Å². The van der Waals surface area contributed by atoms with Crippen LogP contribution in [0.4, 0.5) is 4.39 Å². The first-order valence-electron chi connectivity index (χ1n) is 6.50. The summed E-state index contributed by atoms with van der Waals surface area (Å²) in [6.07, 6.45) is 2.27. The molecule has 2 aromatic rings. The molecular weight excluding hydrogens is 343 g/mol. The van der Waals surface area contributed by atoms with Crippen molar-refractivity contribution in [3.05, 3.63) is 67.9 Å². The minimum absolute atomic E-state index is 0.205. The Morgan fingerprint density at radius 2 is 1.90 bits per heavy atom. The first kappa shape index (κ1) is 14.1. The maximum atomic E-state index is 14.0. The summed E-state index contributed by atoms with van der Waals surface area (Å²) in [4.78, 5) is 0. The molecule has 1 nitrogen and oxygen atoms in total. The van der Waals surface area contributed by atoms with Crippen LogP contribution in [0.15, 0.2) is 34.8 Å². The fourth-order valence-electron chi connectivity index (χ4n) is 2.69. The van der Waals surface area contributed by atoms with Crippen molar-refractivity contribution in [1.29, 1.82) is 0 Å². The van der Waals surface area contributed by atoms with Gasteiger partial charge in [-0.05, 0) is 64.0 Å². The minimum Gasteiger partial charge on any atom is -0.384 e. The molecule has 0 saturated heterocycles. The van der Waals surface area contributed by atoms with Gasteiger partial charge in [0.2, 0.25) is 0 Å². The van der Waals surface area contributed by atoms with Gasteiger partial charge < -0.3 is 5.11 Å². The third-order valence-electron chi connectivity index (χ3n) is 3.77. The summed E-state index contributed by atoms with van der Waals surface area (Å²) < 4.78 is 14.5. The number of halogens is 3. The third kappa shape index (κ3) is 2.50. The number of hydrogen-bond donors (Lipinski definition) is 1. The molecule has 0 radical (unpaired) electrons. The number of rotatable bonds is 2. The van der Waals surface area contributed by atoms with E-state index in [-0.39, 0.29) is 5.56 Å². The molecular formula is C16H13BrClFO. The molecule has 0 bridgehead atoms. The van der Waals surface area contributed by atoms with Gasteiger partial charge in [0.05, 0.1) is 5.02 Å². The lowest BCUT2D eigenvalue weighted by atomic mass is 9.97. The van der Waals surface area contributed by atoms with Crippen LogP contribution in [-0.2, 0) is 12.8 Å². The number of fused-ring (bicyclic) bond motifs is 1. The summed E-state index contributed by atoms with van der Waals surface area (Å²) in [5, 5.41) is 10.8. The highest BCUT2D eigenvalue weighted by Gasteiger charge is 2.19. The van der Waals surface area contributed by atoms with Gasteiger partial charge in [0.25, 0.3) is 0 Å². The Morgan fingerprint density at radius 3 is 2.70 bits per heavy atom. The third-order valence-corrected chi connectivity index (χ3v) is 4.97. The molecule has 0 aromatic heterocycles. The van der Waals surface area contributed by atoms with Crippen LogP contribution in [0.5, 0.6) is 0 Å². The van der Waals surface area contributed by atoms with Crippen molar-refractivity contribution in [3.63, 3.8) is 0 Å². The predicted molar refractivity (Wildman–Crippen MR) is 81.6 cm³/mol. The molecule has 0 fully saturated rings. The first-order valence-corrected chi connectivity index (χ1v) is 7.67. The second-order valence-electron chi connectivity index (χ2n) is 5.07. The van der Waals surface area contributed by atoms with Gasteiger partial charge in [0.15, 0.2) is 0 Å². The zero-order valence-corrected chi connectivity index (χ0v) is 13.0. The van der Waals surface area contributed by atoms with Gasteiger partial charge in [0.1, 0.15) is 11.9 Å². The number of aliphatic hydroxyl groups is 1. The summed E-state index contributed by atoms with van der Waals surface area (Å²) in [6, 6.07) is 8.62. The van der Waals surface area contributed by atoms with Crippen LogP contribution in [0.3, 0.4) is 0 Å². The Hall–Kier alpha value is -0.900. The van der Waals surface area contributed by atoms with Gasteiger partial charge in [-0.1, -0.05) is 29.8 Å². The molecule has 1 aliphatic carbocycles. The second-order valence-corrected chi connectivity index (χ2v) is 6.33. The molecule has 2 aromatic carbocycles. The van der Waals surface area contributed by atoms with Gasteiger partial charge in [-0.3, -0.25) is 0 Å². The number of aryl methyl sites for hydroxylation is 2. The van der Waals surface area contributed by atoms with E-state index in [1.165, 1.54) is 23.3 Å². The Bertz CT molecular complexity index is 672. The van der Waals surface area contributed by atoms with Crippen LogP contribution in [0, 0.1) is 5.82 Å². The molecule has 0 saturated carbocycles. The Labute approximate surface area is 130 Å². The van der Waals surface area contributed by atoms with Crippen LogP contribution >= 0.6 is 27.5 Å². The van der Waals surface area contributed by atoms with Crippen LogP contribution in [0.2, 0.25) is 5.02 Å². The molecule has 0 aliphatic heterocycles. The second kappa shape index (κ2) is 5.47. The highest BCUT2D eigenvalue weighted by molar-refractivity contribution is 9.10. The maximum absolute atomic E-state index is 14.0.